The summed E-state index contributed by atoms with van der Waals surface area (Å²) < 4.78 is 12.7. The number of benzene rings is 3. The van der Waals surface area contributed by atoms with Gasteiger partial charge in [-0.1, -0.05) is 29.8 Å². The van der Waals surface area contributed by atoms with Crippen molar-refractivity contribution in [2.75, 3.05) is 11.9 Å². The van der Waals surface area contributed by atoms with Gasteiger partial charge in [0, 0.05) is 16.1 Å². The van der Waals surface area contributed by atoms with E-state index in [1.54, 1.807) is 18.2 Å². The second kappa shape index (κ2) is 9.45. The van der Waals surface area contributed by atoms with Gasteiger partial charge in [-0.05, 0) is 69.2 Å². The minimum Gasteiger partial charge on any atom is -0.481 e. The number of thiazole rings is 1. The minimum absolute atomic E-state index is 0.0708. The average molecular weight is 537 g/mol. The normalized spacial score (nSPS) is 14.1. The second-order valence-electron chi connectivity index (χ2n) is 9.82. The van der Waals surface area contributed by atoms with E-state index in [4.69, 9.17) is 26.1 Å². The quantitative estimate of drug-likeness (QED) is 0.289. The molecule has 1 amide bonds. The van der Waals surface area contributed by atoms with E-state index < -0.39 is 17.7 Å². The van der Waals surface area contributed by atoms with E-state index in [0.29, 0.717) is 27.0 Å². The highest BCUT2D eigenvalue weighted by Crippen LogP contribution is 2.46. The highest BCUT2D eigenvalue weighted by molar-refractivity contribution is 7.22. The smallest absolute Gasteiger partial charge is 0.337 e. The van der Waals surface area contributed by atoms with E-state index in [9.17, 15) is 14.7 Å². The summed E-state index contributed by atoms with van der Waals surface area (Å²) in [6, 6.07) is 14.7. The van der Waals surface area contributed by atoms with Gasteiger partial charge < -0.3 is 19.9 Å². The molecule has 0 saturated heterocycles. The monoisotopic (exact) mass is 536 g/mol. The van der Waals surface area contributed by atoms with Crippen LogP contribution in [0.25, 0.3) is 31.9 Å². The number of hydrogen-bond donors (Lipinski definition) is 2. The van der Waals surface area contributed by atoms with E-state index in [0.717, 1.165) is 32.5 Å². The number of hydrogen-bond acceptors (Lipinski definition) is 6. The number of halogens is 1. The van der Waals surface area contributed by atoms with Crippen molar-refractivity contribution in [3.8, 4) is 27.4 Å². The molecule has 1 aromatic heterocycles. The van der Waals surface area contributed by atoms with Crippen molar-refractivity contribution >= 4 is 50.7 Å². The molecule has 0 spiro atoms. The number of carboxylic acids is 1. The highest BCUT2D eigenvalue weighted by atomic mass is 35.5. The molecule has 190 valence electrons. The third-order valence-electron chi connectivity index (χ3n) is 5.89. The Labute approximate surface area is 223 Å². The summed E-state index contributed by atoms with van der Waals surface area (Å²) in [6.07, 6.45) is -1.19. The van der Waals surface area contributed by atoms with E-state index in [1.165, 1.54) is 11.3 Å². The van der Waals surface area contributed by atoms with Crippen molar-refractivity contribution in [3.05, 3.63) is 64.7 Å². The Morgan fingerprint density at radius 2 is 1.95 bits per heavy atom. The predicted octanol–water partition coefficient (Wildman–Crippen LogP) is 6.86. The van der Waals surface area contributed by atoms with Crippen LogP contribution in [0, 0.1) is 6.92 Å². The molecular weight excluding hydrogens is 512 g/mol. The maximum absolute atomic E-state index is 12.5. The van der Waals surface area contributed by atoms with Gasteiger partial charge in [0.2, 0.25) is 0 Å². The van der Waals surface area contributed by atoms with Crippen LogP contribution in [0.4, 0.5) is 5.69 Å². The van der Waals surface area contributed by atoms with Crippen LogP contribution in [0.3, 0.4) is 0 Å². The number of carboxylic acid groups (broad SMARTS) is 1. The minimum atomic E-state index is -1.19. The van der Waals surface area contributed by atoms with Gasteiger partial charge in [0.05, 0.1) is 27.1 Å². The molecule has 9 heteroatoms. The molecule has 0 aliphatic carbocycles. The second-order valence-corrected chi connectivity index (χ2v) is 11.3. The SMILES string of the molecule is Cc1cc2nc(-c3cccc4c3OCC(=O)N4)sc2c(-c2ccc(Cl)cc2)c1C(OC(C)(C)C)C(=O)O. The van der Waals surface area contributed by atoms with Gasteiger partial charge in [-0.15, -0.1) is 11.3 Å². The zero-order chi connectivity index (χ0) is 26.5. The molecule has 0 saturated carbocycles. The lowest BCUT2D eigenvalue weighted by atomic mass is 9.91. The zero-order valence-corrected chi connectivity index (χ0v) is 22.3. The van der Waals surface area contributed by atoms with Crippen LogP contribution < -0.4 is 10.1 Å². The van der Waals surface area contributed by atoms with Gasteiger partial charge in [0.1, 0.15) is 5.01 Å². The lowest BCUT2D eigenvalue weighted by Crippen LogP contribution is -2.28. The standard InChI is InChI=1S/C28H25ClN2O5S/c1-14-12-19-25(37-26(31-19)17-6-5-7-18-23(17)35-13-20(32)30-18)22(15-8-10-16(29)11-9-15)21(14)24(27(33)34)36-28(2,3)4/h5-12,24H,13H2,1-4H3,(H,30,32)(H,33,34). The van der Waals surface area contributed by atoms with Crippen LogP contribution in [0.1, 0.15) is 38.0 Å². The van der Waals surface area contributed by atoms with Crippen LogP contribution >= 0.6 is 22.9 Å². The van der Waals surface area contributed by atoms with Crippen LogP contribution in [-0.2, 0) is 14.3 Å². The van der Waals surface area contributed by atoms with Crippen molar-refractivity contribution < 1.29 is 24.2 Å². The number of fused-ring (bicyclic) bond motifs is 2. The molecular formula is C28H25ClN2O5S. The molecule has 1 aliphatic heterocycles. The Kier molecular flexibility index (Phi) is 6.43. The number of ether oxygens (including phenoxy) is 2. The third kappa shape index (κ3) is 4.92. The number of aliphatic carboxylic acids is 1. The number of amides is 1. The maximum atomic E-state index is 12.5. The summed E-state index contributed by atoms with van der Waals surface area (Å²) in [4.78, 5) is 29.2. The summed E-state index contributed by atoms with van der Waals surface area (Å²) in [6.45, 7) is 7.31. The molecule has 5 rings (SSSR count). The zero-order valence-electron chi connectivity index (χ0n) is 20.7. The summed E-state index contributed by atoms with van der Waals surface area (Å²) in [5.74, 6) is -0.720. The van der Waals surface area contributed by atoms with Crippen LogP contribution in [0.5, 0.6) is 5.75 Å². The molecule has 1 atom stereocenters. The fourth-order valence-corrected chi connectivity index (χ4v) is 5.71. The van der Waals surface area contributed by atoms with E-state index in [2.05, 4.69) is 5.32 Å². The third-order valence-corrected chi connectivity index (χ3v) is 7.26. The first-order chi connectivity index (χ1) is 17.5. The topological polar surface area (TPSA) is 97.8 Å². The van der Waals surface area contributed by atoms with Crippen molar-refractivity contribution in [2.24, 2.45) is 0 Å². The van der Waals surface area contributed by atoms with Gasteiger partial charge in [0.15, 0.2) is 18.5 Å². The van der Waals surface area contributed by atoms with Crippen molar-refractivity contribution in [2.45, 2.75) is 39.4 Å². The van der Waals surface area contributed by atoms with Crippen molar-refractivity contribution in [1.82, 2.24) is 4.98 Å². The average Bonchev–Trinajstić information content (AvgIpc) is 3.24. The van der Waals surface area contributed by atoms with Gasteiger partial charge in [0.25, 0.3) is 5.91 Å². The number of nitrogens with one attached hydrogen (secondary N) is 1. The summed E-state index contributed by atoms with van der Waals surface area (Å²) in [7, 11) is 0. The number of nitrogens with zero attached hydrogens (tertiary/aromatic N) is 1. The molecule has 1 aliphatic rings. The molecule has 3 aromatic carbocycles. The van der Waals surface area contributed by atoms with Crippen molar-refractivity contribution in [3.63, 3.8) is 0 Å². The molecule has 1 unspecified atom stereocenters. The van der Waals surface area contributed by atoms with Crippen LogP contribution in [0.15, 0.2) is 48.5 Å². The van der Waals surface area contributed by atoms with Gasteiger partial charge >= 0.3 is 5.97 Å². The number of rotatable bonds is 5. The van der Waals surface area contributed by atoms with E-state index in [1.807, 2.05) is 58.0 Å². The first-order valence-corrected chi connectivity index (χ1v) is 12.9. The highest BCUT2D eigenvalue weighted by Gasteiger charge is 2.32. The molecule has 0 radical (unpaired) electrons. The molecule has 2 N–H and O–H groups in total. The lowest BCUT2D eigenvalue weighted by molar-refractivity contribution is -0.160. The first-order valence-electron chi connectivity index (χ1n) is 11.7. The molecule has 2 heterocycles. The predicted molar refractivity (Wildman–Crippen MR) is 146 cm³/mol. The van der Waals surface area contributed by atoms with Crippen molar-refractivity contribution in [1.29, 1.82) is 0 Å². The fraction of sp³-hybridized carbons (Fsp3) is 0.250. The molecule has 7 nitrogen and oxygen atoms in total. The lowest BCUT2D eigenvalue weighted by Gasteiger charge is -2.28. The van der Waals surface area contributed by atoms with E-state index in [-0.39, 0.29) is 12.5 Å². The van der Waals surface area contributed by atoms with Gasteiger partial charge in [-0.25, -0.2) is 9.78 Å². The summed E-state index contributed by atoms with van der Waals surface area (Å²) in [5.41, 5.74) is 4.26. The largest absolute Gasteiger partial charge is 0.481 e. The summed E-state index contributed by atoms with van der Waals surface area (Å²) in [5, 5.41) is 14.3. The number of carbonyl (C=O) groups excluding carboxylic acids is 1. The van der Waals surface area contributed by atoms with Gasteiger partial charge in [-0.3, -0.25) is 4.79 Å². The molecule has 0 bridgehead atoms. The molecule has 0 fully saturated rings. The number of para-hydroxylation sites is 1. The number of aromatic nitrogens is 1. The maximum Gasteiger partial charge on any atom is 0.337 e. The van der Waals surface area contributed by atoms with E-state index >= 15 is 0 Å². The van der Waals surface area contributed by atoms with Crippen LogP contribution in [-0.4, -0.2) is 34.2 Å². The summed E-state index contributed by atoms with van der Waals surface area (Å²) >= 11 is 7.61. The Balaban J connectivity index is 1.78. The number of aryl methyl sites for hydroxylation is 1. The Bertz CT molecular complexity index is 1540. The Morgan fingerprint density at radius 3 is 2.62 bits per heavy atom. The Morgan fingerprint density at radius 1 is 1.22 bits per heavy atom. The van der Waals surface area contributed by atoms with Gasteiger partial charge in [-0.2, -0.15) is 0 Å². The van der Waals surface area contributed by atoms with Crippen LogP contribution in [0.2, 0.25) is 5.02 Å². The molecule has 37 heavy (non-hydrogen) atoms. The Hall–Kier alpha value is -3.46. The fourth-order valence-electron chi connectivity index (χ4n) is 4.44. The first kappa shape index (κ1) is 25.2. The molecule has 4 aromatic rings. The number of anilines is 1. The number of carbonyl (C=O) groups is 2.